The Kier molecular flexibility index (Phi) is 3.44. The maximum absolute atomic E-state index is 11.1. The molecule has 0 spiro atoms. The van der Waals surface area contributed by atoms with E-state index in [1.165, 1.54) is 11.3 Å². The number of carboxylic acid groups (broad SMARTS) is 1. The van der Waals surface area contributed by atoms with Gasteiger partial charge in [-0.05, 0) is 36.1 Å². The summed E-state index contributed by atoms with van der Waals surface area (Å²) in [6, 6.07) is 10.4. The van der Waals surface area contributed by atoms with Gasteiger partial charge in [0.1, 0.15) is 6.04 Å². The van der Waals surface area contributed by atoms with Gasteiger partial charge >= 0.3 is 0 Å². The number of anilines is 1. The van der Waals surface area contributed by atoms with E-state index in [1.54, 1.807) is 6.07 Å². The summed E-state index contributed by atoms with van der Waals surface area (Å²) in [7, 11) is 0. The van der Waals surface area contributed by atoms with Crippen LogP contribution in [0.25, 0.3) is 0 Å². The highest BCUT2D eigenvalue weighted by molar-refractivity contribution is 7.10. The highest BCUT2D eigenvalue weighted by Crippen LogP contribution is 2.23. The van der Waals surface area contributed by atoms with Gasteiger partial charge in [0.15, 0.2) is 0 Å². The van der Waals surface area contributed by atoms with Gasteiger partial charge in [-0.3, -0.25) is 0 Å². The van der Waals surface area contributed by atoms with Crippen LogP contribution >= 0.6 is 11.3 Å². The minimum absolute atomic E-state index is 0.742. The zero-order valence-electron chi connectivity index (χ0n) is 9.34. The Labute approximate surface area is 104 Å². The summed E-state index contributed by atoms with van der Waals surface area (Å²) < 4.78 is 0. The lowest BCUT2D eigenvalue weighted by Gasteiger charge is -2.19. The molecule has 0 radical (unpaired) electrons. The Bertz CT molecular complexity index is 508. The third kappa shape index (κ3) is 2.85. The van der Waals surface area contributed by atoms with Gasteiger partial charge in [-0.1, -0.05) is 18.2 Å². The number of aryl methyl sites for hydroxylation is 1. The van der Waals surface area contributed by atoms with Crippen molar-refractivity contribution in [1.29, 1.82) is 0 Å². The molecule has 0 unspecified atom stereocenters. The Balaban J connectivity index is 2.22. The largest absolute Gasteiger partial charge is 0.547 e. The second-order valence-electron chi connectivity index (χ2n) is 3.78. The van der Waals surface area contributed by atoms with E-state index in [0.29, 0.717) is 0 Å². The Morgan fingerprint density at radius 2 is 2.18 bits per heavy atom. The standard InChI is InChI=1S/C13H13NO2S/c1-9-4-2-5-10(8-9)14-12(13(15)16)11-6-3-7-17-11/h2-8,12,14H,1H3,(H,15,16)/p-1/t12-/m1/s1. The van der Waals surface area contributed by atoms with E-state index in [2.05, 4.69) is 5.32 Å². The monoisotopic (exact) mass is 246 g/mol. The van der Waals surface area contributed by atoms with Crippen molar-refractivity contribution in [2.45, 2.75) is 13.0 Å². The van der Waals surface area contributed by atoms with E-state index in [4.69, 9.17) is 0 Å². The maximum Gasteiger partial charge on any atom is 0.101 e. The molecular weight excluding hydrogens is 234 g/mol. The van der Waals surface area contributed by atoms with Gasteiger partial charge in [-0.2, -0.15) is 0 Å². The molecule has 0 aliphatic heterocycles. The molecule has 88 valence electrons. The van der Waals surface area contributed by atoms with Crippen LogP contribution in [0.5, 0.6) is 0 Å². The first-order valence-electron chi connectivity index (χ1n) is 5.24. The van der Waals surface area contributed by atoms with E-state index in [-0.39, 0.29) is 0 Å². The van der Waals surface area contributed by atoms with E-state index < -0.39 is 12.0 Å². The molecule has 0 aliphatic rings. The molecule has 0 saturated heterocycles. The first-order chi connectivity index (χ1) is 8.16. The topological polar surface area (TPSA) is 52.2 Å². The number of benzene rings is 1. The molecule has 17 heavy (non-hydrogen) atoms. The number of carbonyl (C=O) groups excluding carboxylic acids is 1. The summed E-state index contributed by atoms with van der Waals surface area (Å²) in [6.07, 6.45) is 0. The molecule has 0 aliphatic carbocycles. The van der Waals surface area contributed by atoms with Crippen molar-refractivity contribution in [3.63, 3.8) is 0 Å². The summed E-state index contributed by atoms with van der Waals surface area (Å²) in [4.78, 5) is 11.9. The highest BCUT2D eigenvalue weighted by Gasteiger charge is 2.13. The van der Waals surface area contributed by atoms with Crippen LogP contribution in [0.15, 0.2) is 41.8 Å². The average molecular weight is 246 g/mol. The van der Waals surface area contributed by atoms with Crippen molar-refractivity contribution < 1.29 is 9.90 Å². The fourth-order valence-electron chi connectivity index (χ4n) is 1.60. The number of nitrogens with one attached hydrogen (secondary N) is 1. The van der Waals surface area contributed by atoms with Crippen molar-refractivity contribution >= 4 is 23.0 Å². The van der Waals surface area contributed by atoms with Crippen molar-refractivity contribution in [1.82, 2.24) is 0 Å². The number of aliphatic carboxylic acids is 1. The molecule has 1 atom stereocenters. The SMILES string of the molecule is Cc1cccc(N[C@@H](C(=O)[O-])c2cccs2)c1. The van der Waals surface area contributed by atoms with E-state index >= 15 is 0 Å². The minimum Gasteiger partial charge on any atom is -0.547 e. The molecule has 4 heteroatoms. The van der Waals surface area contributed by atoms with Crippen molar-refractivity contribution in [3.05, 3.63) is 52.2 Å². The number of hydrogen-bond donors (Lipinski definition) is 1. The number of rotatable bonds is 4. The van der Waals surface area contributed by atoms with E-state index in [1.807, 2.05) is 42.6 Å². The van der Waals surface area contributed by atoms with Crippen LogP contribution in [0.1, 0.15) is 16.5 Å². The van der Waals surface area contributed by atoms with Crippen LogP contribution in [-0.2, 0) is 4.79 Å². The molecule has 0 fully saturated rings. The van der Waals surface area contributed by atoms with Crippen LogP contribution in [0, 0.1) is 6.92 Å². The number of carboxylic acids is 1. The molecule has 0 saturated carbocycles. The Hall–Kier alpha value is -1.81. The van der Waals surface area contributed by atoms with Crippen LogP contribution in [0.2, 0.25) is 0 Å². The first-order valence-corrected chi connectivity index (χ1v) is 6.12. The van der Waals surface area contributed by atoms with Gasteiger partial charge in [0.25, 0.3) is 0 Å². The third-order valence-electron chi connectivity index (χ3n) is 2.39. The lowest BCUT2D eigenvalue weighted by atomic mass is 10.2. The maximum atomic E-state index is 11.1. The Morgan fingerprint density at radius 3 is 2.76 bits per heavy atom. The quantitative estimate of drug-likeness (QED) is 0.897. The second-order valence-corrected chi connectivity index (χ2v) is 4.76. The van der Waals surface area contributed by atoms with Gasteiger partial charge in [-0.15, -0.1) is 11.3 Å². The zero-order chi connectivity index (χ0) is 12.3. The smallest absolute Gasteiger partial charge is 0.101 e. The summed E-state index contributed by atoms with van der Waals surface area (Å²) >= 11 is 1.40. The predicted octanol–water partition coefficient (Wildman–Crippen LogP) is 1.96. The molecular formula is C13H12NO2S-. The van der Waals surface area contributed by atoms with Crippen LogP contribution in [0.3, 0.4) is 0 Å². The van der Waals surface area contributed by atoms with Crippen LogP contribution in [0.4, 0.5) is 5.69 Å². The lowest BCUT2D eigenvalue weighted by molar-refractivity contribution is -0.307. The molecule has 0 bridgehead atoms. The highest BCUT2D eigenvalue weighted by atomic mass is 32.1. The van der Waals surface area contributed by atoms with Gasteiger partial charge in [0, 0.05) is 10.6 Å². The lowest BCUT2D eigenvalue weighted by Crippen LogP contribution is -2.33. The third-order valence-corrected chi connectivity index (χ3v) is 3.33. The molecule has 3 nitrogen and oxygen atoms in total. The van der Waals surface area contributed by atoms with Crippen LogP contribution < -0.4 is 10.4 Å². The molecule has 1 aromatic carbocycles. The molecule has 0 amide bonds. The summed E-state index contributed by atoms with van der Waals surface area (Å²) in [5, 5.41) is 15.9. The first kappa shape index (κ1) is 11.7. The Morgan fingerprint density at radius 1 is 1.35 bits per heavy atom. The molecule has 1 N–H and O–H groups in total. The number of carbonyl (C=O) groups is 1. The van der Waals surface area contributed by atoms with Crippen molar-refractivity contribution in [2.75, 3.05) is 5.32 Å². The molecule has 2 rings (SSSR count). The van der Waals surface area contributed by atoms with Crippen LogP contribution in [-0.4, -0.2) is 5.97 Å². The molecule has 1 heterocycles. The van der Waals surface area contributed by atoms with Gasteiger partial charge in [-0.25, -0.2) is 0 Å². The van der Waals surface area contributed by atoms with E-state index in [9.17, 15) is 9.90 Å². The fraction of sp³-hybridized carbons (Fsp3) is 0.154. The van der Waals surface area contributed by atoms with Crippen molar-refractivity contribution in [3.8, 4) is 0 Å². The predicted molar refractivity (Wildman–Crippen MR) is 66.9 cm³/mol. The summed E-state index contributed by atoms with van der Waals surface area (Å²) in [5.41, 5.74) is 1.87. The molecule has 1 aromatic heterocycles. The van der Waals surface area contributed by atoms with E-state index in [0.717, 1.165) is 16.1 Å². The zero-order valence-corrected chi connectivity index (χ0v) is 10.2. The summed E-state index contributed by atoms with van der Waals surface area (Å²) in [6.45, 7) is 1.96. The van der Waals surface area contributed by atoms with Gasteiger partial charge in [0.2, 0.25) is 0 Å². The fourth-order valence-corrected chi connectivity index (χ4v) is 2.37. The minimum atomic E-state index is -1.12. The average Bonchev–Trinajstić information content (AvgIpc) is 2.78. The summed E-state index contributed by atoms with van der Waals surface area (Å²) in [5.74, 6) is -1.12. The number of hydrogen-bond acceptors (Lipinski definition) is 4. The number of thiophene rings is 1. The normalized spacial score (nSPS) is 12.1. The van der Waals surface area contributed by atoms with Gasteiger partial charge < -0.3 is 15.2 Å². The van der Waals surface area contributed by atoms with Crippen molar-refractivity contribution in [2.24, 2.45) is 0 Å². The second kappa shape index (κ2) is 5.01. The van der Waals surface area contributed by atoms with Gasteiger partial charge in [0.05, 0.1) is 5.97 Å². The molecule has 2 aromatic rings.